The molecule has 0 saturated heterocycles. The largest absolute Gasteiger partial charge is 0.379 e. The van der Waals surface area contributed by atoms with Gasteiger partial charge in [-0.15, -0.1) is 0 Å². The van der Waals surface area contributed by atoms with Crippen LogP contribution in [0.4, 0.5) is 0 Å². The van der Waals surface area contributed by atoms with Gasteiger partial charge >= 0.3 is 0 Å². The second-order valence-electron chi connectivity index (χ2n) is 10.00. The van der Waals surface area contributed by atoms with E-state index >= 15 is 0 Å². The van der Waals surface area contributed by atoms with Crippen LogP contribution in [-0.4, -0.2) is 114 Å². The quantitative estimate of drug-likeness (QED) is 0.0981. The van der Waals surface area contributed by atoms with Crippen LogP contribution in [0.2, 0.25) is 0 Å². The highest BCUT2D eigenvalue weighted by Crippen LogP contribution is 2.15. The maximum absolute atomic E-state index is 12.2. The van der Waals surface area contributed by atoms with Gasteiger partial charge < -0.3 is 45.0 Å². The molecule has 1 unspecified atom stereocenters. The van der Waals surface area contributed by atoms with Crippen LogP contribution in [0.25, 0.3) is 0 Å². The van der Waals surface area contributed by atoms with Gasteiger partial charge in [0.1, 0.15) is 5.78 Å². The number of nitrogens with one attached hydrogen (secondary N) is 4. The van der Waals surface area contributed by atoms with Crippen LogP contribution in [0, 0.1) is 0 Å². The zero-order valence-electron chi connectivity index (χ0n) is 29.9. The molecule has 14 heteroatoms. The van der Waals surface area contributed by atoms with E-state index in [0.29, 0.717) is 59.2 Å². The summed E-state index contributed by atoms with van der Waals surface area (Å²) in [5, 5.41) is 10.2. The monoisotopic (exact) mass is 684 g/mol. The summed E-state index contributed by atoms with van der Waals surface area (Å²) in [6, 6.07) is -0.664. The van der Waals surface area contributed by atoms with E-state index in [1.807, 2.05) is 45.9 Å². The molecule has 276 valence electrons. The number of hydrogen-bond donors (Lipinski definition) is 4. The Morgan fingerprint density at radius 2 is 1.15 bits per heavy atom. The van der Waals surface area contributed by atoms with Gasteiger partial charge in [-0.05, 0) is 38.7 Å². The summed E-state index contributed by atoms with van der Waals surface area (Å²) < 4.78 is 21.4. The SMILES string of the molecule is CC.CC.CC(=O)CCC(=O)NCCOCCOCCOCCOCCC(=O)NCC(=O)NCC(=O)NC(CC1=CCCC=C1)C(C)=O. The Bertz CT molecular complexity index is 985. The Kier molecular flexibility index (Phi) is 32.5. The van der Waals surface area contributed by atoms with Gasteiger partial charge in [0.05, 0.1) is 72.0 Å². The van der Waals surface area contributed by atoms with E-state index in [1.165, 1.54) is 13.8 Å². The van der Waals surface area contributed by atoms with Gasteiger partial charge in [-0.1, -0.05) is 45.9 Å². The average Bonchev–Trinajstić information content (AvgIpc) is 3.09. The second-order valence-corrected chi connectivity index (χ2v) is 10.00. The summed E-state index contributed by atoms with van der Waals surface area (Å²) in [5.74, 6) is -1.75. The normalized spacial score (nSPS) is 12.2. The first kappa shape index (κ1) is 46.7. The summed E-state index contributed by atoms with van der Waals surface area (Å²) in [4.78, 5) is 70.2. The molecule has 0 heterocycles. The van der Waals surface area contributed by atoms with Crippen molar-refractivity contribution < 1.29 is 47.7 Å². The lowest BCUT2D eigenvalue weighted by Crippen LogP contribution is -2.46. The molecule has 0 fully saturated rings. The molecule has 48 heavy (non-hydrogen) atoms. The lowest BCUT2D eigenvalue weighted by molar-refractivity contribution is -0.129. The predicted octanol–water partition coefficient (Wildman–Crippen LogP) is 1.95. The molecule has 0 spiro atoms. The molecule has 0 saturated carbocycles. The van der Waals surface area contributed by atoms with Crippen molar-refractivity contribution in [1.82, 2.24) is 21.3 Å². The average molecular weight is 685 g/mol. The fraction of sp³-hybridized carbons (Fsp3) is 0.706. The maximum Gasteiger partial charge on any atom is 0.239 e. The van der Waals surface area contributed by atoms with E-state index in [9.17, 15) is 28.8 Å². The van der Waals surface area contributed by atoms with Gasteiger partial charge in [0.25, 0.3) is 0 Å². The Morgan fingerprint density at radius 3 is 1.69 bits per heavy atom. The van der Waals surface area contributed by atoms with E-state index < -0.39 is 17.9 Å². The zero-order valence-corrected chi connectivity index (χ0v) is 29.9. The Labute approximate surface area is 286 Å². The summed E-state index contributed by atoms with van der Waals surface area (Å²) in [7, 11) is 0. The summed E-state index contributed by atoms with van der Waals surface area (Å²) in [6.45, 7) is 13.3. The molecule has 0 aromatic heterocycles. The van der Waals surface area contributed by atoms with E-state index in [4.69, 9.17) is 18.9 Å². The van der Waals surface area contributed by atoms with E-state index in [2.05, 4.69) is 21.3 Å². The molecule has 4 N–H and O–H groups in total. The first-order valence-corrected chi connectivity index (χ1v) is 16.9. The van der Waals surface area contributed by atoms with E-state index in [-0.39, 0.29) is 62.3 Å². The van der Waals surface area contributed by atoms with E-state index in [1.54, 1.807) is 0 Å². The van der Waals surface area contributed by atoms with Crippen LogP contribution in [-0.2, 0) is 47.7 Å². The first-order valence-electron chi connectivity index (χ1n) is 16.9. The number of amides is 4. The lowest BCUT2D eigenvalue weighted by atomic mass is 9.98. The number of carbonyl (C=O) groups excluding carboxylic acids is 6. The lowest BCUT2D eigenvalue weighted by Gasteiger charge is -2.18. The predicted molar refractivity (Wildman–Crippen MR) is 183 cm³/mol. The number of Topliss-reactive ketones (excluding diaryl/α,β-unsaturated/α-hetero) is 2. The van der Waals surface area contributed by atoms with Gasteiger partial charge in [-0.3, -0.25) is 24.0 Å². The Balaban J connectivity index is 0. The molecule has 1 aliphatic carbocycles. The van der Waals surface area contributed by atoms with Crippen molar-refractivity contribution in [3.05, 3.63) is 23.8 Å². The van der Waals surface area contributed by atoms with Crippen molar-refractivity contribution in [1.29, 1.82) is 0 Å². The van der Waals surface area contributed by atoms with Crippen molar-refractivity contribution in [3.8, 4) is 0 Å². The third-order valence-electron chi connectivity index (χ3n) is 6.09. The fourth-order valence-corrected chi connectivity index (χ4v) is 3.67. The molecular weight excluding hydrogens is 624 g/mol. The van der Waals surface area contributed by atoms with Crippen molar-refractivity contribution in [2.45, 2.75) is 86.1 Å². The molecule has 1 atom stereocenters. The molecule has 0 aliphatic heterocycles. The smallest absolute Gasteiger partial charge is 0.239 e. The summed E-state index contributed by atoms with van der Waals surface area (Å²) in [5.41, 5.74) is 0.991. The highest BCUT2D eigenvalue weighted by molar-refractivity contribution is 5.91. The third kappa shape index (κ3) is 29.9. The summed E-state index contributed by atoms with van der Waals surface area (Å²) >= 11 is 0. The summed E-state index contributed by atoms with van der Waals surface area (Å²) in [6.07, 6.45) is 8.76. The standard InChI is InChI=1S/C30H48N4O10.2C2H6/c1-23(35)8-9-27(37)31-11-13-42-15-17-44-19-18-43-16-14-41-12-10-28(38)32-21-29(39)33-22-30(40)34-26(24(2)36)20-25-6-4-3-5-7-25;2*1-2/h4,6-7,26H,3,5,8-22H2,1-2H3,(H,31,37)(H,32,38)(H,33,39)(H,34,40);2*1-2H3. The Morgan fingerprint density at radius 1 is 0.625 bits per heavy atom. The minimum atomic E-state index is -0.664. The minimum absolute atomic E-state index is 0.0186. The van der Waals surface area contributed by atoms with Gasteiger partial charge in [0.2, 0.25) is 23.6 Å². The number of carbonyl (C=O) groups is 6. The number of ether oxygens (including phenoxy) is 4. The van der Waals surface area contributed by atoms with Crippen molar-refractivity contribution >= 4 is 35.2 Å². The van der Waals surface area contributed by atoms with Crippen LogP contribution in [0.15, 0.2) is 23.8 Å². The number of allylic oxidation sites excluding steroid dienone is 3. The second kappa shape index (κ2) is 33.4. The number of ketones is 2. The molecular formula is C34H60N4O10. The van der Waals surface area contributed by atoms with Crippen molar-refractivity contribution in [2.24, 2.45) is 0 Å². The minimum Gasteiger partial charge on any atom is -0.379 e. The zero-order chi connectivity index (χ0) is 36.4. The molecule has 0 aromatic rings. The van der Waals surface area contributed by atoms with Crippen LogP contribution in [0.3, 0.4) is 0 Å². The number of rotatable bonds is 26. The maximum atomic E-state index is 12.2. The molecule has 1 aliphatic rings. The van der Waals surface area contributed by atoms with Crippen LogP contribution in [0.1, 0.15) is 80.1 Å². The highest BCUT2D eigenvalue weighted by Gasteiger charge is 2.19. The van der Waals surface area contributed by atoms with Gasteiger partial charge in [0, 0.05) is 25.8 Å². The molecule has 4 amide bonds. The van der Waals surface area contributed by atoms with E-state index in [0.717, 1.165) is 18.4 Å². The molecule has 0 aromatic carbocycles. The topological polar surface area (TPSA) is 187 Å². The Hall–Kier alpha value is -3.46. The third-order valence-corrected chi connectivity index (χ3v) is 6.09. The van der Waals surface area contributed by atoms with Crippen LogP contribution < -0.4 is 21.3 Å². The molecule has 0 radical (unpaired) electrons. The number of hydrogen-bond acceptors (Lipinski definition) is 10. The first-order chi connectivity index (χ1) is 23.2. The highest BCUT2D eigenvalue weighted by atomic mass is 16.6. The van der Waals surface area contributed by atoms with Gasteiger partial charge in [0.15, 0.2) is 5.78 Å². The van der Waals surface area contributed by atoms with Crippen molar-refractivity contribution in [3.63, 3.8) is 0 Å². The van der Waals surface area contributed by atoms with Gasteiger partial charge in [-0.25, -0.2) is 0 Å². The van der Waals surface area contributed by atoms with Gasteiger partial charge in [-0.2, -0.15) is 0 Å². The van der Waals surface area contributed by atoms with Crippen LogP contribution >= 0.6 is 0 Å². The van der Waals surface area contributed by atoms with Crippen LogP contribution in [0.5, 0.6) is 0 Å². The molecule has 14 nitrogen and oxygen atoms in total. The molecule has 0 bridgehead atoms. The fourth-order valence-electron chi connectivity index (χ4n) is 3.67. The van der Waals surface area contributed by atoms with Crippen molar-refractivity contribution in [2.75, 3.05) is 72.5 Å². The molecule has 1 rings (SSSR count).